The van der Waals surface area contributed by atoms with Crippen LogP contribution in [0.25, 0.3) is 11.4 Å². The SMILES string of the molecule is CCCCCCCCCCc1ccc(-c2ncc(OCCC(F)C(C)CCC)cn2)cc1. The number of unbranched alkanes of at least 4 members (excludes halogenated alkanes) is 7. The van der Waals surface area contributed by atoms with Gasteiger partial charge in [0.05, 0.1) is 19.0 Å². The molecule has 2 atom stereocenters. The third-order valence-corrected chi connectivity index (χ3v) is 6.18. The maximum Gasteiger partial charge on any atom is 0.159 e. The molecule has 0 aliphatic heterocycles. The summed E-state index contributed by atoms with van der Waals surface area (Å²) in [6, 6.07) is 8.56. The molecule has 3 nitrogen and oxygen atoms in total. The fourth-order valence-corrected chi connectivity index (χ4v) is 4.03. The minimum Gasteiger partial charge on any atom is -0.490 e. The highest BCUT2D eigenvalue weighted by Gasteiger charge is 2.15. The molecule has 1 aromatic carbocycles. The Morgan fingerprint density at radius 3 is 2.06 bits per heavy atom. The van der Waals surface area contributed by atoms with Gasteiger partial charge < -0.3 is 4.74 Å². The first-order valence-electron chi connectivity index (χ1n) is 12.8. The zero-order chi connectivity index (χ0) is 23.0. The van der Waals surface area contributed by atoms with E-state index in [0.29, 0.717) is 24.6 Å². The summed E-state index contributed by atoms with van der Waals surface area (Å²) in [6.45, 7) is 6.67. The van der Waals surface area contributed by atoms with Crippen LogP contribution in [0.1, 0.15) is 97.0 Å². The lowest BCUT2D eigenvalue weighted by molar-refractivity contribution is 0.178. The van der Waals surface area contributed by atoms with Crippen molar-refractivity contribution >= 4 is 0 Å². The first-order valence-corrected chi connectivity index (χ1v) is 12.8. The zero-order valence-corrected chi connectivity index (χ0v) is 20.5. The van der Waals surface area contributed by atoms with Gasteiger partial charge in [0, 0.05) is 12.0 Å². The number of halogens is 1. The molecule has 0 saturated heterocycles. The molecule has 0 spiro atoms. The lowest BCUT2D eigenvalue weighted by Gasteiger charge is -2.16. The van der Waals surface area contributed by atoms with Gasteiger partial charge in [0.25, 0.3) is 0 Å². The van der Waals surface area contributed by atoms with Crippen LogP contribution >= 0.6 is 0 Å². The fraction of sp³-hybridized carbons (Fsp3) is 0.643. The van der Waals surface area contributed by atoms with Crippen molar-refractivity contribution in [1.82, 2.24) is 9.97 Å². The molecule has 2 unspecified atom stereocenters. The summed E-state index contributed by atoms with van der Waals surface area (Å²) in [5, 5.41) is 0. The Bertz CT molecular complexity index is 717. The number of rotatable bonds is 17. The van der Waals surface area contributed by atoms with E-state index in [1.807, 2.05) is 6.92 Å². The van der Waals surface area contributed by atoms with Crippen LogP contribution in [0.3, 0.4) is 0 Å². The Morgan fingerprint density at radius 2 is 1.44 bits per heavy atom. The van der Waals surface area contributed by atoms with E-state index in [0.717, 1.165) is 24.8 Å². The van der Waals surface area contributed by atoms with Crippen molar-refractivity contribution in [2.24, 2.45) is 5.92 Å². The van der Waals surface area contributed by atoms with Gasteiger partial charge in [0.1, 0.15) is 6.17 Å². The summed E-state index contributed by atoms with van der Waals surface area (Å²) in [7, 11) is 0. The number of hydrogen-bond acceptors (Lipinski definition) is 3. The van der Waals surface area contributed by atoms with Gasteiger partial charge in [-0.3, -0.25) is 0 Å². The first-order chi connectivity index (χ1) is 15.6. The number of aromatic nitrogens is 2. The lowest BCUT2D eigenvalue weighted by Crippen LogP contribution is -2.16. The molecular formula is C28H43FN2O. The summed E-state index contributed by atoms with van der Waals surface area (Å²) < 4.78 is 19.7. The van der Waals surface area contributed by atoms with Crippen molar-refractivity contribution in [1.29, 1.82) is 0 Å². The van der Waals surface area contributed by atoms with Crippen LogP contribution < -0.4 is 4.74 Å². The lowest BCUT2D eigenvalue weighted by atomic mass is 9.99. The Hall–Kier alpha value is -1.97. The molecule has 0 saturated carbocycles. The van der Waals surface area contributed by atoms with Gasteiger partial charge in [-0.15, -0.1) is 0 Å². The van der Waals surface area contributed by atoms with Crippen molar-refractivity contribution in [3.8, 4) is 17.1 Å². The molecule has 1 heterocycles. The molecule has 2 aromatic rings. The molecule has 178 valence electrons. The normalized spacial score (nSPS) is 13.1. The molecule has 1 aromatic heterocycles. The molecule has 0 aliphatic carbocycles. The van der Waals surface area contributed by atoms with Crippen LogP contribution in [0.2, 0.25) is 0 Å². The molecule has 0 bridgehead atoms. The monoisotopic (exact) mass is 442 g/mol. The average Bonchev–Trinajstić information content (AvgIpc) is 2.82. The standard InChI is InChI=1S/C28H43FN2O/c1-4-6-7-8-9-10-11-12-14-24-15-17-25(18-16-24)28-30-21-26(22-31-28)32-20-19-27(29)23(3)13-5-2/h15-18,21-23,27H,4-14,19-20H2,1-3H3. The molecular weight excluding hydrogens is 399 g/mol. The van der Waals surface area contributed by atoms with Crippen molar-refractivity contribution in [3.05, 3.63) is 42.2 Å². The van der Waals surface area contributed by atoms with Crippen LogP contribution in [0, 0.1) is 5.92 Å². The molecule has 32 heavy (non-hydrogen) atoms. The maximum atomic E-state index is 14.1. The molecule has 0 aliphatic rings. The van der Waals surface area contributed by atoms with Crippen molar-refractivity contribution < 1.29 is 9.13 Å². The summed E-state index contributed by atoms with van der Waals surface area (Å²) in [6.07, 6.45) is 16.8. The van der Waals surface area contributed by atoms with E-state index < -0.39 is 6.17 Å². The van der Waals surface area contributed by atoms with Crippen LogP contribution in [-0.4, -0.2) is 22.7 Å². The Morgan fingerprint density at radius 1 is 0.812 bits per heavy atom. The van der Waals surface area contributed by atoms with Gasteiger partial charge in [-0.25, -0.2) is 14.4 Å². The van der Waals surface area contributed by atoms with Crippen LogP contribution in [0.4, 0.5) is 4.39 Å². The highest BCUT2D eigenvalue weighted by molar-refractivity contribution is 5.55. The minimum absolute atomic E-state index is 0.0840. The van der Waals surface area contributed by atoms with E-state index in [1.165, 1.54) is 56.9 Å². The second-order valence-corrected chi connectivity index (χ2v) is 9.08. The van der Waals surface area contributed by atoms with Crippen molar-refractivity contribution in [3.63, 3.8) is 0 Å². The fourth-order valence-electron chi connectivity index (χ4n) is 4.03. The van der Waals surface area contributed by atoms with Gasteiger partial charge in [-0.05, 0) is 30.7 Å². The molecule has 0 fully saturated rings. The van der Waals surface area contributed by atoms with E-state index in [1.54, 1.807) is 12.4 Å². The molecule has 0 amide bonds. The second kappa shape index (κ2) is 15.8. The Kier molecular flexibility index (Phi) is 13.0. The van der Waals surface area contributed by atoms with E-state index in [-0.39, 0.29) is 5.92 Å². The van der Waals surface area contributed by atoms with Gasteiger partial charge in [0.15, 0.2) is 11.6 Å². The van der Waals surface area contributed by atoms with Gasteiger partial charge in [-0.1, -0.05) is 96.4 Å². The number of ether oxygens (including phenoxy) is 1. The highest BCUT2D eigenvalue weighted by Crippen LogP contribution is 2.20. The van der Waals surface area contributed by atoms with E-state index >= 15 is 0 Å². The number of hydrogen-bond donors (Lipinski definition) is 0. The second-order valence-electron chi connectivity index (χ2n) is 9.08. The van der Waals surface area contributed by atoms with Crippen molar-refractivity contribution in [2.45, 2.75) is 104 Å². The zero-order valence-electron chi connectivity index (χ0n) is 20.5. The quantitative estimate of drug-likeness (QED) is 0.231. The molecule has 2 rings (SSSR count). The predicted molar refractivity (Wildman–Crippen MR) is 133 cm³/mol. The summed E-state index contributed by atoms with van der Waals surface area (Å²) >= 11 is 0. The van der Waals surface area contributed by atoms with Crippen LogP contribution in [0.5, 0.6) is 5.75 Å². The molecule has 0 N–H and O–H groups in total. The van der Waals surface area contributed by atoms with Crippen LogP contribution in [0.15, 0.2) is 36.7 Å². The van der Waals surface area contributed by atoms with E-state index in [2.05, 4.69) is 48.1 Å². The highest BCUT2D eigenvalue weighted by atomic mass is 19.1. The summed E-state index contributed by atoms with van der Waals surface area (Å²) in [4.78, 5) is 8.86. The number of nitrogens with zero attached hydrogens (tertiary/aromatic N) is 2. The van der Waals surface area contributed by atoms with Crippen molar-refractivity contribution in [2.75, 3.05) is 6.61 Å². The average molecular weight is 443 g/mol. The Labute approximate surface area is 195 Å². The van der Waals surface area contributed by atoms with E-state index in [4.69, 9.17) is 4.74 Å². The topological polar surface area (TPSA) is 35.0 Å². The third kappa shape index (κ3) is 10.1. The molecule has 4 heteroatoms. The number of benzene rings is 1. The predicted octanol–water partition coefficient (Wildman–Crippen LogP) is 8.37. The minimum atomic E-state index is -0.820. The largest absolute Gasteiger partial charge is 0.490 e. The van der Waals surface area contributed by atoms with Gasteiger partial charge in [-0.2, -0.15) is 0 Å². The van der Waals surface area contributed by atoms with E-state index in [9.17, 15) is 4.39 Å². The first kappa shape index (κ1) is 26.3. The van der Waals surface area contributed by atoms with Crippen LogP contribution in [-0.2, 0) is 6.42 Å². The van der Waals surface area contributed by atoms with Gasteiger partial charge in [0.2, 0.25) is 0 Å². The number of aryl methyl sites for hydroxylation is 1. The number of alkyl halides is 1. The smallest absolute Gasteiger partial charge is 0.159 e. The summed E-state index contributed by atoms with van der Waals surface area (Å²) in [5.74, 6) is 1.37. The summed E-state index contributed by atoms with van der Waals surface area (Å²) in [5.41, 5.74) is 2.38. The molecule has 0 radical (unpaired) electrons. The Balaban J connectivity index is 1.69. The third-order valence-electron chi connectivity index (χ3n) is 6.18. The van der Waals surface area contributed by atoms with Gasteiger partial charge >= 0.3 is 0 Å². The maximum absolute atomic E-state index is 14.1.